The number of benzene rings is 1. The Balaban J connectivity index is 0.000000196. The van der Waals surface area contributed by atoms with Gasteiger partial charge in [0.1, 0.15) is 11.6 Å². The molecule has 0 radical (unpaired) electrons. The molecule has 5 N–H and O–H groups in total. The SMILES string of the molecule is C=Cc1ccnc(N(C)C2CCN(C)CC2)c1.CNc1cc2cc(/C(N)=C/N(C)N)ccc2cn1. The van der Waals surface area contributed by atoms with E-state index in [4.69, 9.17) is 11.6 Å². The molecular weight excluding hydrogens is 436 g/mol. The molecule has 0 atom stereocenters. The van der Waals surface area contributed by atoms with E-state index >= 15 is 0 Å². The predicted octanol–water partition coefficient (Wildman–Crippen LogP) is 3.59. The third-order valence-electron chi connectivity index (χ3n) is 6.26. The monoisotopic (exact) mass is 474 g/mol. The zero-order valence-corrected chi connectivity index (χ0v) is 21.3. The first-order valence-corrected chi connectivity index (χ1v) is 11.8. The number of nitrogens with zero attached hydrogens (tertiary/aromatic N) is 5. The highest BCUT2D eigenvalue weighted by molar-refractivity contribution is 5.87. The molecular formula is C27H38N8. The molecule has 1 fully saturated rings. The van der Waals surface area contributed by atoms with Crippen molar-refractivity contribution in [1.82, 2.24) is 19.9 Å². The zero-order chi connectivity index (χ0) is 25.4. The summed E-state index contributed by atoms with van der Waals surface area (Å²) < 4.78 is 0. The average molecular weight is 475 g/mol. The van der Waals surface area contributed by atoms with E-state index in [0.29, 0.717) is 11.7 Å². The third-order valence-corrected chi connectivity index (χ3v) is 6.26. The Morgan fingerprint density at radius 2 is 1.86 bits per heavy atom. The van der Waals surface area contributed by atoms with Crippen LogP contribution in [0.1, 0.15) is 24.0 Å². The number of hydrazine groups is 1. The zero-order valence-electron chi connectivity index (χ0n) is 21.3. The van der Waals surface area contributed by atoms with Gasteiger partial charge in [-0.15, -0.1) is 0 Å². The van der Waals surface area contributed by atoms with Gasteiger partial charge in [-0.2, -0.15) is 0 Å². The first kappa shape index (κ1) is 26.0. The number of pyridine rings is 2. The van der Waals surface area contributed by atoms with E-state index < -0.39 is 0 Å². The van der Waals surface area contributed by atoms with Crippen LogP contribution in [-0.2, 0) is 0 Å². The maximum absolute atomic E-state index is 5.97. The van der Waals surface area contributed by atoms with E-state index in [1.807, 2.05) is 55.8 Å². The van der Waals surface area contributed by atoms with E-state index in [2.05, 4.69) is 51.8 Å². The Morgan fingerprint density at radius 3 is 2.51 bits per heavy atom. The summed E-state index contributed by atoms with van der Waals surface area (Å²) in [6.07, 6.45) is 9.67. The van der Waals surface area contributed by atoms with Gasteiger partial charge in [0.15, 0.2) is 0 Å². The molecule has 0 saturated carbocycles. The normalized spacial score (nSPS) is 14.7. The molecule has 1 aromatic carbocycles. The number of rotatable bonds is 6. The van der Waals surface area contributed by atoms with Gasteiger partial charge in [0.2, 0.25) is 0 Å². The Hall–Kier alpha value is -3.62. The number of piperidine rings is 1. The number of fused-ring (bicyclic) bond motifs is 1. The highest BCUT2D eigenvalue weighted by Gasteiger charge is 2.21. The molecule has 0 unspecified atom stereocenters. The van der Waals surface area contributed by atoms with Crippen molar-refractivity contribution >= 4 is 34.2 Å². The summed E-state index contributed by atoms with van der Waals surface area (Å²) in [6, 6.07) is 12.7. The standard InChI is InChI=1S/C14H21N3.C13H17N5/c1-4-12-5-8-15-14(11-12)17(3)13-6-9-16(2)10-7-13;1-16-13-6-11-5-9(12(14)8-18(2)15)3-4-10(11)7-17-13/h4-5,8,11,13H,1,6-7,9-10H2,2-3H3;3-8H,14-15H2,1-2H3,(H,16,17)/b;12-8-. The molecule has 186 valence electrons. The van der Waals surface area contributed by atoms with Gasteiger partial charge in [0, 0.05) is 51.2 Å². The molecule has 8 heteroatoms. The number of aromatic nitrogens is 2. The van der Waals surface area contributed by atoms with Crippen LogP contribution in [0.5, 0.6) is 0 Å². The molecule has 35 heavy (non-hydrogen) atoms. The second-order valence-corrected chi connectivity index (χ2v) is 8.93. The van der Waals surface area contributed by atoms with Gasteiger partial charge in [-0.1, -0.05) is 24.8 Å². The van der Waals surface area contributed by atoms with Crippen LogP contribution in [0.25, 0.3) is 22.5 Å². The molecule has 8 nitrogen and oxygen atoms in total. The van der Waals surface area contributed by atoms with Gasteiger partial charge in [0.25, 0.3) is 0 Å². The van der Waals surface area contributed by atoms with Gasteiger partial charge in [-0.05, 0) is 73.8 Å². The smallest absolute Gasteiger partial charge is 0.129 e. The van der Waals surface area contributed by atoms with E-state index in [-0.39, 0.29) is 0 Å². The highest BCUT2D eigenvalue weighted by Crippen LogP contribution is 2.22. The van der Waals surface area contributed by atoms with Gasteiger partial charge < -0.3 is 25.9 Å². The first-order chi connectivity index (χ1) is 16.8. The van der Waals surface area contributed by atoms with Crippen LogP contribution in [0.2, 0.25) is 0 Å². The quantitative estimate of drug-likeness (QED) is 0.368. The van der Waals surface area contributed by atoms with Crippen molar-refractivity contribution in [2.75, 3.05) is 51.5 Å². The van der Waals surface area contributed by atoms with E-state index in [9.17, 15) is 0 Å². The van der Waals surface area contributed by atoms with Crippen LogP contribution in [0, 0.1) is 0 Å². The van der Waals surface area contributed by atoms with Crippen molar-refractivity contribution in [3.05, 3.63) is 72.7 Å². The minimum atomic E-state index is 0.610. The number of hydrogen-bond acceptors (Lipinski definition) is 8. The van der Waals surface area contributed by atoms with Gasteiger partial charge in [0.05, 0.1) is 5.70 Å². The lowest BCUT2D eigenvalue weighted by atomic mass is 10.0. The largest absolute Gasteiger partial charge is 0.397 e. The van der Waals surface area contributed by atoms with Gasteiger partial charge >= 0.3 is 0 Å². The number of anilines is 2. The average Bonchev–Trinajstić information content (AvgIpc) is 2.88. The van der Waals surface area contributed by atoms with Crippen LogP contribution >= 0.6 is 0 Å². The van der Waals surface area contributed by atoms with E-state index in [0.717, 1.165) is 33.5 Å². The molecule has 0 bridgehead atoms. The fourth-order valence-corrected chi connectivity index (χ4v) is 4.07. The Bertz CT molecular complexity index is 1150. The van der Waals surface area contributed by atoms with Gasteiger partial charge in [-0.3, -0.25) is 0 Å². The molecule has 0 amide bonds. The van der Waals surface area contributed by atoms with Gasteiger partial charge in [-0.25, -0.2) is 15.8 Å². The summed E-state index contributed by atoms with van der Waals surface area (Å²) >= 11 is 0. The van der Waals surface area contributed by atoms with Crippen LogP contribution in [-0.4, -0.2) is 67.2 Å². The molecule has 0 aliphatic carbocycles. The fourth-order valence-electron chi connectivity index (χ4n) is 4.07. The summed E-state index contributed by atoms with van der Waals surface area (Å²) in [4.78, 5) is 13.4. The number of hydrogen-bond donors (Lipinski definition) is 3. The molecule has 1 aliphatic heterocycles. The van der Waals surface area contributed by atoms with Crippen LogP contribution < -0.4 is 21.8 Å². The topological polar surface area (TPSA) is 99.6 Å². The van der Waals surface area contributed by atoms with Crippen LogP contribution in [0.15, 0.2) is 61.6 Å². The summed E-state index contributed by atoms with van der Waals surface area (Å²) in [5.74, 6) is 7.43. The number of likely N-dealkylation sites (tertiary alicyclic amines) is 1. The van der Waals surface area contributed by atoms with Crippen molar-refractivity contribution in [3.8, 4) is 0 Å². The first-order valence-electron chi connectivity index (χ1n) is 11.8. The molecule has 3 heterocycles. The number of nitrogens with one attached hydrogen (secondary N) is 1. The van der Waals surface area contributed by atoms with Crippen molar-refractivity contribution in [2.24, 2.45) is 11.6 Å². The van der Waals surface area contributed by atoms with E-state index in [1.165, 1.54) is 30.9 Å². The van der Waals surface area contributed by atoms with Crippen molar-refractivity contribution in [1.29, 1.82) is 0 Å². The molecule has 1 aliphatic rings. The lowest BCUT2D eigenvalue weighted by Crippen LogP contribution is -2.42. The maximum atomic E-state index is 5.97. The van der Waals surface area contributed by atoms with Crippen molar-refractivity contribution < 1.29 is 0 Å². The van der Waals surface area contributed by atoms with Crippen molar-refractivity contribution in [2.45, 2.75) is 18.9 Å². The van der Waals surface area contributed by atoms with Crippen molar-refractivity contribution in [3.63, 3.8) is 0 Å². The maximum Gasteiger partial charge on any atom is 0.129 e. The molecule has 1 saturated heterocycles. The second-order valence-electron chi connectivity index (χ2n) is 8.93. The predicted molar refractivity (Wildman–Crippen MR) is 149 cm³/mol. The minimum absolute atomic E-state index is 0.610. The molecule has 2 aromatic heterocycles. The Morgan fingerprint density at radius 1 is 1.11 bits per heavy atom. The highest BCUT2D eigenvalue weighted by atomic mass is 15.4. The summed E-state index contributed by atoms with van der Waals surface area (Å²) in [6.45, 7) is 6.15. The Labute approximate surface area is 208 Å². The second kappa shape index (κ2) is 12.2. The minimum Gasteiger partial charge on any atom is -0.397 e. The summed E-state index contributed by atoms with van der Waals surface area (Å²) in [7, 11) is 7.91. The Kier molecular flexibility index (Phi) is 9.05. The lowest BCUT2D eigenvalue weighted by molar-refractivity contribution is 0.252. The summed E-state index contributed by atoms with van der Waals surface area (Å²) in [5, 5.41) is 6.61. The summed E-state index contributed by atoms with van der Waals surface area (Å²) in [5.41, 5.74) is 8.67. The van der Waals surface area contributed by atoms with Crippen LogP contribution in [0.3, 0.4) is 0 Å². The lowest BCUT2D eigenvalue weighted by Gasteiger charge is -2.35. The van der Waals surface area contributed by atoms with Crippen LogP contribution in [0.4, 0.5) is 11.6 Å². The molecule has 0 spiro atoms. The van der Waals surface area contributed by atoms with E-state index in [1.54, 1.807) is 13.2 Å². The fraction of sp³-hybridized carbons (Fsp3) is 0.333. The molecule has 3 aromatic rings. The molecule has 4 rings (SSSR count). The third kappa shape index (κ3) is 7.18. The number of nitrogens with two attached hydrogens (primary N) is 2.